The monoisotopic (exact) mass is 460 g/mol. The molecule has 1 atom stereocenters. The molecular formula is C27H32O3Si2. The van der Waals surface area contributed by atoms with E-state index >= 15 is 0 Å². The lowest BCUT2D eigenvalue weighted by Gasteiger charge is -2.48. The quantitative estimate of drug-likeness (QED) is 0.497. The van der Waals surface area contributed by atoms with Gasteiger partial charge in [-0.05, 0) is 53.9 Å². The molecule has 32 heavy (non-hydrogen) atoms. The Morgan fingerprint density at radius 1 is 0.844 bits per heavy atom. The number of fused-ring (bicyclic) bond motifs is 1. The second-order valence-corrected chi connectivity index (χ2v) is 23.7. The topological polar surface area (TPSA) is 35.5 Å². The predicted octanol–water partition coefficient (Wildman–Crippen LogP) is 4.78. The van der Waals surface area contributed by atoms with Crippen LogP contribution in [0.25, 0.3) is 0 Å². The fourth-order valence-corrected chi connectivity index (χ4v) is 17.6. The van der Waals surface area contributed by atoms with Crippen molar-refractivity contribution in [2.75, 3.05) is 7.11 Å². The number of hydrogen-bond donors (Lipinski definition) is 0. The molecule has 1 unspecified atom stereocenters. The number of rotatable bonds is 6. The highest BCUT2D eigenvalue weighted by molar-refractivity contribution is 7.48. The van der Waals surface area contributed by atoms with Crippen LogP contribution in [-0.2, 0) is 10.8 Å². The summed E-state index contributed by atoms with van der Waals surface area (Å²) in [5.41, 5.74) is 0.953. The van der Waals surface area contributed by atoms with Crippen molar-refractivity contribution in [3.8, 4) is 5.75 Å². The van der Waals surface area contributed by atoms with Gasteiger partial charge < -0.3 is 9.16 Å². The predicted molar refractivity (Wildman–Crippen MR) is 136 cm³/mol. The summed E-state index contributed by atoms with van der Waals surface area (Å²) in [6.45, 7) is 9.16. The zero-order chi connectivity index (χ0) is 23.0. The number of benzene rings is 3. The summed E-state index contributed by atoms with van der Waals surface area (Å²) in [5.74, 6) is 0.879. The highest BCUT2D eigenvalue weighted by atomic mass is 29.3. The molecule has 0 aromatic heterocycles. The van der Waals surface area contributed by atoms with Gasteiger partial charge in [0.15, 0.2) is 5.78 Å². The first kappa shape index (κ1) is 22.7. The minimum Gasteiger partial charge on any atom is -0.497 e. The van der Waals surface area contributed by atoms with Crippen LogP contribution in [0, 0.1) is 0 Å². The van der Waals surface area contributed by atoms with Gasteiger partial charge in [-0.15, -0.1) is 0 Å². The van der Waals surface area contributed by atoms with Crippen molar-refractivity contribution in [3.05, 3.63) is 90.0 Å². The van der Waals surface area contributed by atoms with E-state index in [9.17, 15) is 4.79 Å². The van der Waals surface area contributed by atoms with Crippen LogP contribution in [0.1, 0.15) is 29.3 Å². The van der Waals surface area contributed by atoms with Crippen LogP contribution in [0.5, 0.6) is 5.75 Å². The SMILES string of the molecule is COc1ccc2c(c1)CCC(C)(O[Si](c1ccccc1)(c1ccccc1)[Si](C)(C)C)C2=O. The summed E-state index contributed by atoms with van der Waals surface area (Å²) in [6, 6.07) is 27.0. The Hall–Kier alpha value is -2.48. The fraction of sp³-hybridized carbons (Fsp3) is 0.296. The number of ketones is 1. The molecular weight excluding hydrogens is 428 g/mol. The Balaban J connectivity index is 1.87. The van der Waals surface area contributed by atoms with E-state index in [4.69, 9.17) is 9.16 Å². The standard InChI is InChI=1S/C27H32O3Si2/c1-27(19-18-21-20-22(29-2)16-17-25(21)26(27)28)30-32(31(3,4)5,23-12-8-6-9-13-23)24-14-10-7-11-15-24/h6-17,20H,18-19H2,1-5H3. The first-order valence-electron chi connectivity index (χ1n) is 11.2. The molecule has 0 spiro atoms. The molecule has 0 N–H and O–H groups in total. The number of ether oxygens (including phenoxy) is 1. The van der Waals surface area contributed by atoms with E-state index in [0.29, 0.717) is 6.42 Å². The van der Waals surface area contributed by atoms with Crippen molar-refractivity contribution in [2.24, 2.45) is 0 Å². The Kier molecular flexibility index (Phi) is 6.01. The average molecular weight is 461 g/mol. The fourth-order valence-electron chi connectivity index (χ4n) is 4.98. The molecule has 3 aromatic rings. The van der Waals surface area contributed by atoms with Gasteiger partial charge >= 0.3 is 0 Å². The highest BCUT2D eigenvalue weighted by Gasteiger charge is 2.56. The second-order valence-electron chi connectivity index (χ2n) is 9.85. The molecule has 0 aliphatic heterocycles. The molecule has 166 valence electrons. The van der Waals surface area contributed by atoms with Crippen LogP contribution >= 0.6 is 0 Å². The van der Waals surface area contributed by atoms with E-state index < -0.39 is 21.0 Å². The van der Waals surface area contributed by atoms with Crippen LogP contribution in [0.4, 0.5) is 0 Å². The average Bonchev–Trinajstić information content (AvgIpc) is 2.80. The van der Waals surface area contributed by atoms with E-state index in [0.717, 1.165) is 23.3 Å². The highest BCUT2D eigenvalue weighted by Crippen LogP contribution is 2.37. The van der Waals surface area contributed by atoms with Gasteiger partial charge in [0.05, 0.1) is 14.7 Å². The normalized spacial score (nSPS) is 18.8. The Labute approximate surface area is 193 Å². The molecule has 1 aliphatic rings. The zero-order valence-corrected chi connectivity index (χ0v) is 21.6. The molecule has 5 heteroatoms. The van der Waals surface area contributed by atoms with Crippen molar-refractivity contribution in [3.63, 3.8) is 0 Å². The molecule has 4 rings (SSSR count). The third kappa shape index (κ3) is 3.79. The van der Waals surface area contributed by atoms with E-state index in [-0.39, 0.29) is 5.78 Å². The molecule has 0 heterocycles. The van der Waals surface area contributed by atoms with Crippen molar-refractivity contribution in [1.29, 1.82) is 0 Å². The number of Topliss-reactive ketones (excluding diaryl/α,β-unsaturated/α-hetero) is 1. The maximum atomic E-state index is 13.9. The third-order valence-electron chi connectivity index (χ3n) is 6.70. The summed E-state index contributed by atoms with van der Waals surface area (Å²) in [5, 5.41) is 2.50. The van der Waals surface area contributed by atoms with Gasteiger partial charge in [-0.2, -0.15) is 0 Å². The van der Waals surface area contributed by atoms with Crippen LogP contribution in [-0.4, -0.2) is 33.9 Å². The number of hydrogen-bond acceptors (Lipinski definition) is 3. The minimum absolute atomic E-state index is 0.0865. The van der Waals surface area contributed by atoms with Crippen molar-refractivity contribution in [1.82, 2.24) is 0 Å². The van der Waals surface area contributed by atoms with Crippen LogP contribution in [0.2, 0.25) is 19.6 Å². The van der Waals surface area contributed by atoms with Crippen molar-refractivity contribution < 1.29 is 14.0 Å². The second kappa shape index (κ2) is 8.47. The summed E-state index contributed by atoms with van der Waals surface area (Å²) < 4.78 is 12.7. The Morgan fingerprint density at radius 2 is 1.41 bits per heavy atom. The Bertz CT molecular complexity index is 1070. The van der Waals surface area contributed by atoms with Crippen molar-refractivity contribution in [2.45, 2.75) is 45.0 Å². The van der Waals surface area contributed by atoms with Gasteiger partial charge in [0.25, 0.3) is 0 Å². The summed E-state index contributed by atoms with van der Waals surface area (Å²) in [7, 11) is -2.98. The molecule has 0 saturated heterocycles. The van der Waals surface area contributed by atoms with Crippen LogP contribution in [0.3, 0.4) is 0 Å². The molecule has 0 saturated carbocycles. The van der Waals surface area contributed by atoms with Crippen LogP contribution in [0.15, 0.2) is 78.9 Å². The van der Waals surface area contributed by atoms with Gasteiger partial charge in [0.2, 0.25) is 7.83 Å². The van der Waals surface area contributed by atoms with E-state index in [1.807, 2.05) is 25.1 Å². The van der Waals surface area contributed by atoms with Gasteiger partial charge in [0.1, 0.15) is 11.4 Å². The number of carbonyl (C=O) groups is 1. The number of carbonyl (C=O) groups excluding carboxylic acids is 1. The molecule has 0 radical (unpaired) electrons. The van der Waals surface area contributed by atoms with Gasteiger partial charge in [-0.1, -0.05) is 80.3 Å². The van der Waals surface area contributed by atoms with E-state index in [2.05, 4.69) is 80.3 Å². The smallest absolute Gasteiger partial charge is 0.241 e. The summed E-state index contributed by atoms with van der Waals surface area (Å²) in [6.07, 6.45) is 1.47. The van der Waals surface area contributed by atoms with E-state index in [1.54, 1.807) is 7.11 Å². The maximum Gasteiger partial charge on any atom is 0.241 e. The Morgan fingerprint density at radius 3 is 1.91 bits per heavy atom. The number of methoxy groups -OCH3 is 1. The lowest BCUT2D eigenvalue weighted by molar-refractivity contribution is 0.0454. The van der Waals surface area contributed by atoms with Crippen LogP contribution < -0.4 is 15.1 Å². The first-order valence-corrected chi connectivity index (χ1v) is 17.6. The lowest BCUT2D eigenvalue weighted by Crippen LogP contribution is -2.77. The molecule has 0 amide bonds. The minimum atomic E-state index is -2.70. The molecule has 1 aliphatic carbocycles. The summed E-state index contributed by atoms with van der Waals surface area (Å²) >= 11 is 0. The molecule has 0 fully saturated rings. The maximum absolute atomic E-state index is 13.9. The number of aryl methyl sites for hydroxylation is 1. The molecule has 3 aromatic carbocycles. The lowest BCUT2D eigenvalue weighted by atomic mass is 9.80. The summed E-state index contributed by atoms with van der Waals surface area (Å²) in [4.78, 5) is 13.9. The van der Waals surface area contributed by atoms with Gasteiger partial charge in [-0.25, -0.2) is 0 Å². The van der Waals surface area contributed by atoms with Crippen molar-refractivity contribution >= 4 is 31.6 Å². The zero-order valence-electron chi connectivity index (χ0n) is 19.6. The van der Waals surface area contributed by atoms with Gasteiger partial charge in [0, 0.05) is 5.56 Å². The molecule has 0 bridgehead atoms. The molecule has 3 nitrogen and oxygen atoms in total. The largest absolute Gasteiger partial charge is 0.497 e. The van der Waals surface area contributed by atoms with Gasteiger partial charge in [-0.3, -0.25) is 4.79 Å². The first-order chi connectivity index (χ1) is 15.2. The van der Waals surface area contributed by atoms with E-state index in [1.165, 1.54) is 10.4 Å². The third-order valence-corrected chi connectivity index (χ3v) is 20.2.